The number of carbonyl (C=O) groups excluding carboxylic acids is 1. The van der Waals surface area contributed by atoms with Crippen LogP contribution in [-0.4, -0.2) is 35.0 Å². The van der Waals surface area contributed by atoms with Crippen molar-refractivity contribution in [3.63, 3.8) is 0 Å². The quantitative estimate of drug-likeness (QED) is 0.573. The first kappa shape index (κ1) is 12.2. The average Bonchev–Trinajstić information content (AvgIpc) is 3.09. The van der Waals surface area contributed by atoms with E-state index >= 15 is 0 Å². The summed E-state index contributed by atoms with van der Waals surface area (Å²) in [5.74, 6) is 2.49. The van der Waals surface area contributed by atoms with E-state index in [0.29, 0.717) is 30.3 Å². The first-order chi connectivity index (χ1) is 9.13. The van der Waals surface area contributed by atoms with E-state index < -0.39 is 12.2 Å². The summed E-state index contributed by atoms with van der Waals surface area (Å²) in [7, 11) is 0. The standard InChI is InChI=1S/C15H22O4/c1-2-19-15(18)8-4-6-3-7(8)12-10-5-9(11(6)12)13(16)14(10)17/h6-14,16-17H,2-5H2,1H3. The molecule has 0 spiro atoms. The average molecular weight is 266 g/mol. The third-order valence-corrected chi connectivity index (χ3v) is 6.48. The molecule has 0 aliphatic heterocycles. The van der Waals surface area contributed by atoms with Crippen LogP contribution in [0, 0.1) is 41.4 Å². The Morgan fingerprint density at radius 2 is 1.74 bits per heavy atom. The van der Waals surface area contributed by atoms with E-state index in [1.54, 1.807) is 0 Å². The number of hydrogen-bond acceptors (Lipinski definition) is 4. The Balaban J connectivity index is 1.58. The van der Waals surface area contributed by atoms with E-state index in [1.165, 1.54) is 0 Å². The van der Waals surface area contributed by atoms with Gasteiger partial charge in [0.25, 0.3) is 0 Å². The molecule has 2 N–H and O–H groups in total. The van der Waals surface area contributed by atoms with E-state index in [0.717, 1.165) is 19.3 Å². The predicted octanol–water partition coefficient (Wildman–Crippen LogP) is 0.809. The van der Waals surface area contributed by atoms with Crippen molar-refractivity contribution in [2.45, 2.75) is 38.4 Å². The van der Waals surface area contributed by atoms with Crippen molar-refractivity contribution >= 4 is 5.97 Å². The molecule has 0 heterocycles. The van der Waals surface area contributed by atoms with Gasteiger partial charge in [-0.2, -0.15) is 0 Å². The largest absolute Gasteiger partial charge is 0.466 e. The zero-order chi connectivity index (χ0) is 13.3. The number of fused-ring (bicyclic) bond motifs is 9. The number of aliphatic hydroxyl groups is 2. The number of esters is 1. The highest BCUT2D eigenvalue weighted by molar-refractivity contribution is 5.73. The van der Waals surface area contributed by atoms with Gasteiger partial charge in [-0.05, 0) is 61.7 Å². The van der Waals surface area contributed by atoms with Crippen molar-refractivity contribution in [1.29, 1.82) is 0 Å². The third-order valence-electron chi connectivity index (χ3n) is 6.48. The molecule has 0 aromatic heterocycles. The molecule has 9 atom stereocenters. The predicted molar refractivity (Wildman–Crippen MR) is 66.9 cm³/mol. The minimum Gasteiger partial charge on any atom is -0.466 e. The Labute approximate surface area is 113 Å². The van der Waals surface area contributed by atoms with Crippen molar-refractivity contribution in [3.8, 4) is 0 Å². The molecule has 4 bridgehead atoms. The van der Waals surface area contributed by atoms with Crippen molar-refractivity contribution in [2.75, 3.05) is 6.61 Å². The molecule has 0 aromatic rings. The van der Waals surface area contributed by atoms with Gasteiger partial charge in [-0.15, -0.1) is 0 Å². The van der Waals surface area contributed by atoms with E-state index in [-0.39, 0.29) is 23.7 Å². The SMILES string of the molecule is CCOC(=O)C1CC2CC1C1C3CC(C(O)C3O)C21. The smallest absolute Gasteiger partial charge is 0.309 e. The molecule has 0 aromatic carbocycles. The molecule has 4 rings (SSSR count). The van der Waals surface area contributed by atoms with Crippen LogP contribution in [0.3, 0.4) is 0 Å². The summed E-state index contributed by atoms with van der Waals surface area (Å²) in [5, 5.41) is 20.2. The van der Waals surface area contributed by atoms with Crippen LogP contribution < -0.4 is 0 Å². The van der Waals surface area contributed by atoms with Gasteiger partial charge in [0.1, 0.15) is 0 Å². The molecule has 0 saturated heterocycles. The van der Waals surface area contributed by atoms with Crippen molar-refractivity contribution in [3.05, 3.63) is 0 Å². The van der Waals surface area contributed by atoms with Gasteiger partial charge in [0, 0.05) is 0 Å². The molecule has 19 heavy (non-hydrogen) atoms. The van der Waals surface area contributed by atoms with Crippen molar-refractivity contribution < 1.29 is 19.7 Å². The van der Waals surface area contributed by atoms with Crippen molar-refractivity contribution in [1.82, 2.24) is 0 Å². The molecule has 4 heteroatoms. The summed E-state index contributed by atoms with van der Waals surface area (Å²) in [5.41, 5.74) is 0. The maximum absolute atomic E-state index is 12.0. The van der Waals surface area contributed by atoms with Gasteiger partial charge in [-0.3, -0.25) is 4.79 Å². The summed E-state index contributed by atoms with van der Waals surface area (Å²) in [4.78, 5) is 12.0. The Hall–Kier alpha value is -0.610. The molecule has 9 unspecified atom stereocenters. The highest BCUT2D eigenvalue weighted by Gasteiger charge is 2.68. The second-order valence-corrected chi connectivity index (χ2v) is 6.95. The first-order valence-electron chi connectivity index (χ1n) is 7.66. The third kappa shape index (κ3) is 1.39. The molecule has 106 valence electrons. The summed E-state index contributed by atoms with van der Waals surface area (Å²) >= 11 is 0. The summed E-state index contributed by atoms with van der Waals surface area (Å²) in [6, 6.07) is 0. The maximum atomic E-state index is 12.0. The lowest BCUT2D eigenvalue weighted by atomic mass is 9.66. The highest BCUT2D eigenvalue weighted by Crippen LogP contribution is 2.68. The Bertz CT molecular complexity index is 409. The molecule has 0 amide bonds. The highest BCUT2D eigenvalue weighted by atomic mass is 16.5. The van der Waals surface area contributed by atoms with E-state index in [2.05, 4.69) is 0 Å². The Morgan fingerprint density at radius 1 is 1.05 bits per heavy atom. The molecule has 4 saturated carbocycles. The fourth-order valence-electron chi connectivity index (χ4n) is 6.08. The van der Waals surface area contributed by atoms with Crippen LogP contribution in [-0.2, 0) is 9.53 Å². The molecular formula is C15H22O4. The lowest BCUT2D eigenvalue weighted by molar-refractivity contribution is -0.153. The second kappa shape index (κ2) is 3.95. The number of carbonyl (C=O) groups is 1. The van der Waals surface area contributed by atoms with Crippen LogP contribution in [0.5, 0.6) is 0 Å². The van der Waals surface area contributed by atoms with Gasteiger partial charge in [0.15, 0.2) is 0 Å². The molecule has 4 nitrogen and oxygen atoms in total. The normalized spacial score (nSPS) is 57.5. The Kier molecular flexibility index (Phi) is 2.53. The van der Waals surface area contributed by atoms with Gasteiger partial charge < -0.3 is 14.9 Å². The topological polar surface area (TPSA) is 66.8 Å². The van der Waals surface area contributed by atoms with E-state index in [4.69, 9.17) is 4.74 Å². The van der Waals surface area contributed by atoms with Crippen LogP contribution in [0.2, 0.25) is 0 Å². The van der Waals surface area contributed by atoms with Crippen LogP contribution >= 0.6 is 0 Å². The van der Waals surface area contributed by atoms with E-state index in [9.17, 15) is 15.0 Å². The van der Waals surface area contributed by atoms with Gasteiger partial charge in [-0.25, -0.2) is 0 Å². The Morgan fingerprint density at radius 3 is 2.42 bits per heavy atom. The fourth-order valence-corrected chi connectivity index (χ4v) is 6.08. The molecular weight excluding hydrogens is 244 g/mol. The van der Waals surface area contributed by atoms with Gasteiger partial charge in [0.2, 0.25) is 0 Å². The second-order valence-electron chi connectivity index (χ2n) is 6.95. The number of ether oxygens (including phenoxy) is 1. The monoisotopic (exact) mass is 266 g/mol. The van der Waals surface area contributed by atoms with Crippen LogP contribution in [0.15, 0.2) is 0 Å². The molecule has 4 aliphatic carbocycles. The molecule has 0 radical (unpaired) electrons. The zero-order valence-corrected chi connectivity index (χ0v) is 11.2. The van der Waals surface area contributed by atoms with Gasteiger partial charge in [-0.1, -0.05) is 0 Å². The molecule has 4 fully saturated rings. The number of hydrogen-bond donors (Lipinski definition) is 2. The van der Waals surface area contributed by atoms with Gasteiger partial charge in [0.05, 0.1) is 24.7 Å². The number of rotatable bonds is 2. The lowest BCUT2D eigenvalue weighted by Gasteiger charge is -2.41. The van der Waals surface area contributed by atoms with Crippen molar-refractivity contribution in [2.24, 2.45) is 41.4 Å². The van der Waals surface area contributed by atoms with E-state index in [1.807, 2.05) is 6.92 Å². The molecule has 4 aliphatic rings. The first-order valence-corrected chi connectivity index (χ1v) is 7.66. The minimum atomic E-state index is -0.562. The maximum Gasteiger partial charge on any atom is 0.309 e. The van der Waals surface area contributed by atoms with Gasteiger partial charge >= 0.3 is 5.97 Å². The zero-order valence-electron chi connectivity index (χ0n) is 11.2. The van der Waals surface area contributed by atoms with Crippen LogP contribution in [0.4, 0.5) is 0 Å². The fraction of sp³-hybridized carbons (Fsp3) is 0.933. The number of aliphatic hydroxyl groups excluding tert-OH is 2. The minimum absolute atomic E-state index is 0.0359. The van der Waals surface area contributed by atoms with Crippen LogP contribution in [0.1, 0.15) is 26.2 Å². The lowest BCUT2D eigenvalue weighted by Crippen LogP contribution is -2.46. The summed E-state index contributed by atoms with van der Waals surface area (Å²) in [6.07, 6.45) is 1.92. The summed E-state index contributed by atoms with van der Waals surface area (Å²) in [6.45, 7) is 2.31. The summed E-state index contributed by atoms with van der Waals surface area (Å²) < 4.78 is 5.20. The van der Waals surface area contributed by atoms with Crippen LogP contribution in [0.25, 0.3) is 0 Å².